The van der Waals surface area contributed by atoms with Crippen LogP contribution >= 0.6 is 0 Å². The van der Waals surface area contributed by atoms with E-state index in [4.69, 9.17) is 10.1 Å². The molecule has 2 N–H and O–H groups in total. The number of aromatic nitrogens is 2. The van der Waals surface area contributed by atoms with Gasteiger partial charge in [-0.05, 0) is 49.7 Å². The van der Waals surface area contributed by atoms with E-state index in [1.54, 1.807) is 10.6 Å². The molecule has 0 spiro atoms. The Morgan fingerprint density at radius 1 is 1.00 bits per heavy atom. The zero-order valence-electron chi connectivity index (χ0n) is 19.4. The fourth-order valence-electron chi connectivity index (χ4n) is 7.41. The lowest BCUT2D eigenvalue weighted by Gasteiger charge is -2.46. The summed E-state index contributed by atoms with van der Waals surface area (Å²) in [7, 11) is 0. The third-order valence-electron chi connectivity index (χ3n) is 8.71. The maximum atomic E-state index is 13.6. The van der Waals surface area contributed by atoms with Crippen LogP contribution in [0.25, 0.3) is 11.0 Å². The largest absolute Gasteiger partial charge is 0.476 e. The normalized spacial score (nSPS) is 33.5. The van der Waals surface area contributed by atoms with E-state index in [9.17, 15) is 14.7 Å². The highest BCUT2D eigenvalue weighted by Gasteiger charge is 2.50. The van der Waals surface area contributed by atoms with Gasteiger partial charge in [0.1, 0.15) is 0 Å². The van der Waals surface area contributed by atoms with Gasteiger partial charge in [0.2, 0.25) is 0 Å². The molecule has 2 saturated heterocycles. The lowest BCUT2D eigenvalue weighted by Crippen LogP contribution is -2.54. The highest BCUT2D eigenvalue weighted by atomic mass is 16.5. The van der Waals surface area contributed by atoms with Crippen LogP contribution in [0.5, 0.6) is 0 Å². The number of carbonyl (C=O) groups is 1. The molecule has 6 rings (SSSR count). The minimum absolute atomic E-state index is 0.0688. The van der Waals surface area contributed by atoms with Crippen LogP contribution in [0.15, 0.2) is 29.1 Å². The summed E-state index contributed by atoms with van der Waals surface area (Å²) in [4.78, 5) is 32.1. The molecule has 2 saturated carbocycles. The van der Waals surface area contributed by atoms with Crippen LogP contribution in [-0.2, 0) is 9.53 Å². The average Bonchev–Trinajstić information content (AvgIpc) is 2.94. The Morgan fingerprint density at radius 2 is 1.74 bits per heavy atom. The molecule has 5 atom stereocenters. The van der Waals surface area contributed by atoms with Crippen molar-refractivity contribution in [2.75, 3.05) is 13.2 Å². The number of nitrogens with zero attached hydrogens (tertiary/aromatic N) is 3. The van der Waals surface area contributed by atoms with Gasteiger partial charge in [-0.25, -0.2) is 9.78 Å². The molecule has 34 heavy (non-hydrogen) atoms. The van der Waals surface area contributed by atoms with Crippen molar-refractivity contribution in [3.8, 4) is 0 Å². The summed E-state index contributed by atoms with van der Waals surface area (Å²) in [5.74, 6) is 0.171. The van der Waals surface area contributed by atoms with Gasteiger partial charge >= 0.3 is 5.97 Å². The molecule has 0 radical (unpaired) electrons. The van der Waals surface area contributed by atoms with Crippen LogP contribution in [0.4, 0.5) is 0 Å². The predicted molar refractivity (Wildman–Crippen MR) is 127 cm³/mol. The van der Waals surface area contributed by atoms with Crippen molar-refractivity contribution in [2.24, 2.45) is 11.8 Å². The van der Waals surface area contributed by atoms with Gasteiger partial charge in [-0.1, -0.05) is 37.8 Å². The molecule has 4 fully saturated rings. The Hall–Kier alpha value is -2.58. The van der Waals surface area contributed by atoms with Crippen LogP contribution < -0.4 is 5.56 Å². The SMILES string of the molecule is N=C(C(=O)O)c1nc2ccccc2n([C@@H]2C[C@@H]3COC[C@H]2N3C2CC3CCCCC(C3)C2)c1=O. The molecular formula is C26H32N4O4. The molecule has 1 aromatic carbocycles. The molecule has 4 bridgehead atoms. The summed E-state index contributed by atoms with van der Waals surface area (Å²) in [6.45, 7) is 1.25. The predicted octanol–water partition coefficient (Wildman–Crippen LogP) is 3.22. The summed E-state index contributed by atoms with van der Waals surface area (Å²) >= 11 is 0. The van der Waals surface area contributed by atoms with E-state index in [0.29, 0.717) is 30.3 Å². The van der Waals surface area contributed by atoms with Crippen molar-refractivity contribution in [2.45, 2.75) is 75.5 Å². The van der Waals surface area contributed by atoms with Gasteiger partial charge in [0.05, 0.1) is 36.3 Å². The van der Waals surface area contributed by atoms with Gasteiger partial charge in [-0.2, -0.15) is 0 Å². The number of carboxylic acid groups (broad SMARTS) is 1. The molecule has 8 nitrogen and oxygen atoms in total. The van der Waals surface area contributed by atoms with Crippen molar-refractivity contribution in [1.29, 1.82) is 5.41 Å². The average molecular weight is 465 g/mol. The van der Waals surface area contributed by atoms with Crippen molar-refractivity contribution in [1.82, 2.24) is 14.5 Å². The van der Waals surface area contributed by atoms with Crippen molar-refractivity contribution >= 4 is 22.7 Å². The standard InChI is InChI=1S/C26H32N4O4/c27-23(26(32)33)24-25(31)30(20-8-4-3-7-19(20)28-24)21-12-18-13-34-14-22(21)29(18)17-10-15-5-1-2-6-16(9-15)11-17/h3-4,7-8,15-18,21-22,27H,1-2,5-6,9-14H2,(H,32,33)/t15?,16?,17?,18-,21-,22-/m1/s1. The monoisotopic (exact) mass is 464 g/mol. The lowest BCUT2D eigenvalue weighted by molar-refractivity contribution is -0.129. The minimum atomic E-state index is -1.44. The zero-order valence-corrected chi connectivity index (χ0v) is 19.4. The zero-order chi connectivity index (χ0) is 23.4. The molecule has 8 heteroatoms. The lowest BCUT2D eigenvalue weighted by atomic mass is 9.77. The Bertz CT molecular complexity index is 1180. The Labute approximate surface area is 198 Å². The molecule has 1 aromatic heterocycles. The minimum Gasteiger partial charge on any atom is -0.476 e. The summed E-state index contributed by atoms with van der Waals surface area (Å²) in [6.07, 6.45) is 10.0. The fourth-order valence-corrected chi connectivity index (χ4v) is 7.41. The third-order valence-corrected chi connectivity index (χ3v) is 8.71. The van der Waals surface area contributed by atoms with E-state index in [-0.39, 0.29) is 23.8 Å². The quantitative estimate of drug-likeness (QED) is 0.673. The van der Waals surface area contributed by atoms with Gasteiger partial charge in [-0.15, -0.1) is 0 Å². The van der Waals surface area contributed by atoms with Gasteiger partial charge in [-0.3, -0.25) is 15.1 Å². The third kappa shape index (κ3) is 3.58. The molecule has 2 aliphatic heterocycles. The van der Waals surface area contributed by atoms with E-state index < -0.39 is 17.2 Å². The molecule has 2 aliphatic carbocycles. The molecule has 3 heterocycles. The Balaban J connectivity index is 1.42. The number of carboxylic acids is 1. The number of aliphatic carboxylic acids is 1. The fraction of sp³-hybridized carbons (Fsp3) is 0.615. The number of ether oxygens (including phenoxy) is 1. The number of morpholine rings is 1. The first-order valence-corrected chi connectivity index (χ1v) is 12.7. The molecule has 2 aromatic rings. The topological polar surface area (TPSA) is 109 Å². The molecule has 2 unspecified atom stereocenters. The van der Waals surface area contributed by atoms with E-state index in [2.05, 4.69) is 9.88 Å². The summed E-state index contributed by atoms with van der Waals surface area (Å²) in [5, 5.41) is 17.4. The Morgan fingerprint density at radius 3 is 2.47 bits per heavy atom. The number of benzene rings is 1. The highest BCUT2D eigenvalue weighted by molar-refractivity contribution is 6.40. The molecule has 4 aliphatic rings. The van der Waals surface area contributed by atoms with Gasteiger partial charge in [0, 0.05) is 12.1 Å². The second kappa shape index (κ2) is 8.57. The van der Waals surface area contributed by atoms with Crippen LogP contribution in [0.1, 0.15) is 63.1 Å². The molecule has 0 amide bonds. The number of hydrogen-bond donors (Lipinski definition) is 2. The van der Waals surface area contributed by atoms with Crippen molar-refractivity contribution < 1.29 is 14.6 Å². The van der Waals surface area contributed by atoms with E-state index in [0.717, 1.165) is 18.3 Å². The van der Waals surface area contributed by atoms with Crippen LogP contribution in [0, 0.1) is 17.2 Å². The van der Waals surface area contributed by atoms with E-state index in [1.807, 2.05) is 18.2 Å². The first kappa shape index (κ1) is 21.9. The number of fused-ring (bicyclic) bond motifs is 5. The number of rotatable bonds is 4. The van der Waals surface area contributed by atoms with Crippen LogP contribution in [0.2, 0.25) is 0 Å². The van der Waals surface area contributed by atoms with Gasteiger partial charge in [0.15, 0.2) is 11.4 Å². The van der Waals surface area contributed by atoms with Crippen molar-refractivity contribution in [3.05, 3.63) is 40.3 Å². The number of para-hydroxylation sites is 2. The smallest absolute Gasteiger partial charge is 0.356 e. The molecular weight excluding hydrogens is 432 g/mol. The highest BCUT2D eigenvalue weighted by Crippen LogP contribution is 2.46. The summed E-state index contributed by atoms with van der Waals surface area (Å²) in [6, 6.07) is 8.08. The first-order chi connectivity index (χ1) is 16.5. The van der Waals surface area contributed by atoms with Crippen LogP contribution in [0.3, 0.4) is 0 Å². The van der Waals surface area contributed by atoms with E-state index >= 15 is 0 Å². The molecule has 180 valence electrons. The maximum absolute atomic E-state index is 13.6. The maximum Gasteiger partial charge on any atom is 0.356 e. The summed E-state index contributed by atoms with van der Waals surface area (Å²) < 4.78 is 7.74. The first-order valence-electron chi connectivity index (χ1n) is 12.7. The van der Waals surface area contributed by atoms with Crippen molar-refractivity contribution in [3.63, 3.8) is 0 Å². The second-order valence-electron chi connectivity index (χ2n) is 10.7. The number of nitrogens with one attached hydrogen (secondary N) is 1. The number of hydrogen-bond acceptors (Lipinski definition) is 6. The second-order valence-corrected chi connectivity index (χ2v) is 10.7. The Kier molecular flexibility index (Phi) is 5.53. The van der Waals surface area contributed by atoms with E-state index in [1.165, 1.54) is 44.9 Å². The van der Waals surface area contributed by atoms with Crippen LogP contribution in [-0.4, -0.2) is 62.6 Å². The van der Waals surface area contributed by atoms with Gasteiger partial charge < -0.3 is 14.4 Å². The summed E-state index contributed by atoms with van der Waals surface area (Å²) in [5.41, 5.74) is -0.287. The van der Waals surface area contributed by atoms with Gasteiger partial charge in [0.25, 0.3) is 5.56 Å².